The van der Waals surface area contributed by atoms with Gasteiger partial charge in [0.05, 0.1) is 4.47 Å². The molecule has 0 amide bonds. The molecule has 1 nitrogen and oxygen atoms in total. The van der Waals surface area contributed by atoms with Crippen molar-refractivity contribution in [3.05, 3.63) is 26.9 Å². The summed E-state index contributed by atoms with van der Waals surface area (Å²) in [5.74, 6) is 0. The van der Waals surface area contributed by atoms with Gasteiger partial charge in [-0.3, -0.25) is 0 Å². The molecule has 0 aromatic carbocycles. The maximum Gasteiger partial charge on any atom is 0.120 e. The van der Waals surface area contributed by atoms with Crippen LogP contribution in [-0.2, 0) is 6.42 Å². The first-order chi connectivity index (χ1) is 4.75. The van der Waals surface area contributed by atoms with Gasteiger partial charge in [0.25, 0.3) is 0 Å². The number of aromatic nitrogens is 1. The van der Waals surface area contributed by atoms with Crippen LogP contribution in [0.1, 0.15) is 12.5 Å². The molecule has 10 heavy (non-hydrogen) atoms. The lowest BCUT2D eigenvalue weighted by Gasteiger charge is -2.00. The van der Waals surface area contributed by atoms with E-state index in [0.717, 1.165) is 15.5 Å². The quantitative estimate of drug-likeness (QED) is 0.710. The van der Waals surface area contributed by atoms with Crippen LogP contribution in [-0.4, -0.2) is 4.98 Å². The summed E-state index contributed by atoms with van der Waals surface area (Å²) in [5.41, 5.74) is 1.28. The van der Waals surface area contributed by atoms with Crippen LogP contribution in [0.25, 0.3) is 0 Å². The number of hydrogen-bond donors (Lipinski definition) is 0. The van der Waals surface area contributed by atoms with Crippen LogP contribution in [0.15, 0.2) is 21.3 Å². The standard InChI is InChI=1S/C7H7Br2N/c1-2-5-3-4-10-7(9)6(5)8/h3-4H,2H2,1H3. The molecule has 0 N–H and O–H groups in total. The van der Waals surface area contributed by atoms with E-state index in [9.17, 15) is 0 Å². The normalized spacial score (nSPS) is 9.90. The van der Waals surface area contributed by atoms with Gasteiger partial charge in [0, 0.05) is 6.20 Å². The average Bonchev–Trinajstić information content (AvgIpc) is 1.95. The Balaban J connectivity index is 3.14. The molecular formula is C7H7Br2N. The first-order valence-corrected chi connectivity index (χ1v) is 4.63. The molecule has 0 fully saturated rings. The van der Waals surface area contributed by atoms with Crippen molar-refractivity contribution in [1.82, 2.24) is 4.98 Å². The monoisotopic (exact) mass is 263 g/mol. The molecule has 0 radical (unpaired) electrons. The van der Waals surface area contributed by atoms with Gasteiger partial charge >= 0.3 is 0 Å². The average molecular weight is 265 g/mol. The Bertz CT molecular complexity index is 235. The lowest BCUT2D eigenvalue weighted by molar-refractivity contribution is 1.09. The molecule has 1 heterocycles. The summed E-state index contributed by atoms with van der Waals surface area (Å²) in [4.78, 5) is 4.06. The third-order valence-electron chi connectivity index (χ3n) is 1.31. The van der Waals surface area contributed by atoms with E-state index in [4.69, 9.17) is 0 Å². The van der Waals surface area contributed by atoms with E-state index in [2.05, 4.69) is 43.8 Å². The lowest BCUT2D eigenvalue weighted by Crippen LogP contribution is -1.85. The van der Waals surface area contributed by atoms with Gasteiger partial charge in [0.15, 0.2) is 0 Å². The Morgan fingerprint density at radius 3 is 2.70 bits per heavy atom. The van der Waals surface area contributed by atoms with Gasteiger partial charge in [-0.15, -0.1) is 0 Å². The predicted molar refractivity (Wildman–Crippen MR) is 49.0 cm³/mol. The molecule has 0 atom stereocenters. The second-order valence-corrected chi connectivity index (χ2v) is 3.47. The SMILES string of the molecule is CCc1ccnc(Br)c1Br. The molecule has 1 aromatic heterocycles. The van der Waals surface area contributed by atoms with Gasteiger partial charge in [0.1, 0.15) is 4.60 Å². The molecule has 1 aromatic rings. The summed E-state index contributed by atoms with van der Waals surface area (Å²) < 4.78 is 1.95. The summed E-state index contributed by atoms with van der Waals surface area (Å²) >= 11 is 6.76. The minimum absolute atomic E-state index is 0.881. The first-order valence-electron chi connectivity index (χ1n) is 3.04. The van der Waals surface area contributed by atoms with Gasteiger partial charge in [-0.25, -0.2) is 4.98 Å². The van der Waals surface area contributed by atoms with Crippen LogP contribution < -0.4 is 0 Å². The number of rotatable bonds is 1. The van der Waals surface area contributed by atoms with E-state index in [1.807, 2.05) is 6.07 Å². The van der Waals surface area contributed by atoms with Crippen LogP contribution in [0, 0.1) is 0 Å². The van der Waals surface area contributed by atoms with E-state index < -0.39 is 0 Å². The van der Waals surface area contributed by atoms with Gasteiger partial charge in [-0.05, 0) is 49.9 Å². The van der Waals surface area contributed by atoms with Crippen molar-refractivity contribution in [2.45, 2.75) is 13.3 Å². The fourth-order valence-electron chi connectivity index (χ4n) is 0.728. The van der Waals surface area contributed by atoms with Crippen molar-refractivity contribution >= 4 is 31.9 Å². The highest BCUT2D eigenvalue weighted by Crippen LogP contribution is 2.24. The number of nitrogens with zero attached hydrogens (tertiary/aromatic N) is 1. The summed E-state index contributed by atoms with van der Waals surface area (Å²) in [7, 11) is 0. The Morgan fingerprint density at radius 1 is 1.50 bits per heavy atom. The van der Waals surface area contributed by atoms with Crippen molar-refractivity contribution < 1.29 is 0 Å². The molecular weight excluding hydrogens is 258 g/mol. The van der Waals surface area contributed by atoms with E-state index in [0.29, 0.717) is 0 Å². The molecule has 1 rings (SSSR count). The molecule has 0 bridgehead atoms. The predicted octanol–water partition coefficient (Wildman–Crippen LogP) is 3.17. The van der Waals surface area contributed by atoms with E-state index >= 15 is 0 Å². The zero-order chi connectivity index (χ0) is 7.56. The maximum absolute atomic E-state index is 4.06. The lowest BCUT2D eigenvalue weighted by atomic mass is 10.2. The molecule has 3 heteroatoms. The van der Waals surface area contributed by atoms with Crippen molar-refractivity contribution in [1.29, 1.82) is 0 Å². The van der Waals surface area contributed by atoms with Crippen LogP contribution in [0.4, 0.5) is 0 Å². The smallest absolute Gasteiger partial charge is 0.120 e. The molecule has 0 spiro atoms. The van der Waals surface area contributed by atoms with E-state index in [1.54, 1.807) is 6.20 Å². The summed E-state index contributed by atoms with van der Waals surface area (Å²) in [5, 5.41) is 0. The fraction of sp³-hybridized carbons (Fsp3) is 0.286. The largest absolute Gasteiger partial charge is 0.248 e. The molecule has 0 aliphatic carbocycles. The molecule has 0 aliphatic heterocycles. The first kappa shape index (κ1) is 8.21. The fourth-order valence-corrected chi connectivity index (χ4v) is 1.62. The van der Waals surface area contributed by atoms with E-state index in [1.165, 1.54) is 5.56 Å². The van der Waals surface area contributed by atoms with Gasteiger partial charge in [0.2, 0.25) is 0 Å². The number of hydrogen-bond acceptors (Lipinski definition) is 1. The van der Waals surface area contributed by atoms with Crippen molar-refractivity contribution in [2.24, 2.45) is 0 Å². The van der Waals surface area contributed by atoms with Crippen molar-refractivity contribution in [3.63, 3.8) is 0 Å². The Morgan fingerprint density at radius 2 is 2.20 bits per heavy atom. The van der Waals surface area contributed by atoms with E-state index in [-0.39, 0.29) is 0 Å². The second kappa shape index (κ2) is 3.49. The highest BCUT2D eigenvalue weighted by atomic mass is 79.9. The zero-order valence-corrected chi connectivity index (χ0v) is 8.74. The minimum atomic E-state index is 0.881. The number of pyridine rings is 1. The minimum Gasteiger partial charge on any atom is -0.248 e. The Labute approximate surface area is 77.1 Å². The third kappa shape index (κ3) is 1.58. The molecule has 0 saturated carbocycles. The molecule has 54 valence electrons. The van der Waals surface area contributed by atoms with Gasteiger partial charge < -0.3 is 0 Å². The molecule has 0 aliphatic rings. The zero-order valence-electron chi connectivity index (χ0n) is 5.56. The van der Waals surface area contributed by atoms with Gasteiger partial charge in [-0.1, -0.05) is 6.92 Å². The maximum atomic E-state index is 4.06. The summed E-state index contributed by atoms with van der Waals surface area (Å²) in [6.45, 7) is 2.12. The second-order valence-electron chi connectivity index (χ2n) is 1.93. The number of aryl methyl sites for hydroxylation is 1. The molecule has 0 saturated heterocycles. The number of halogens is 2. The summed E-state index contributed by atoms with van der Waals surface area (Å²) in [6, 6.07) is 2.01. The summed E-state index contributed by atoms with van der Waals surface area (Å²) in [6.07, 6.45) is 2.83. The topological polar surface area (TPSA) is 12.9 Å². The van der Waals surface area contributed by atoms with Crippen molar-refractivity contribution in [3.8, 4) is 0 Å². The Hall–Kier alpha value is 0.110. The highest BCUT2D eigenvalue weighted by Gasteiger charge is 2.00. The van der Waals surface area contributed by atoms with Crippen molar-refractivity contribution in [2.75, 3.05) is 0 Å². The third-order valence-corrected chi connectivity index (χ3v) is 3.33. The van der Waals surface area contributed by atoms with Crippen LogP contribution in [0.2, 0.25) is 0 Å². The molecule has 0 unspecified atom stereocenters. The van der Waals surface area contributed by atoms with Crippen LogP contribution in [0.5, 0.6) is 0 Å². The Kier molecular flexibility index (Phi) is 2.86. The van der Waals surface area contributed by atoms with Crippen LogP contribution in [0.3, 0.4) is 0 Å². The highest BCUT2D eigenvalue weighted by molar-refractivity contribution is 9.13. The van der Waals surface area contributed by atoms with Gasteiger partial charge in [-0.2, -0.15) is 0 Å². The van der Waals surface area contributed by atoms with Crippen LogP contribution >= 0.6 is 31.9 Å².